The third-order valence-corrected chi connectivity index (χ3v) is 3.79. The zero-order chi connectivity index (χ0) is 17.8. The number of nitrogens with zero attached hydrogens (tertiary/aromatic N) is 4. The standard InChI is InChI=1S/C20H15N5O/c1-14-18(23-13-22-14)12-26-20-17(10-9-15-6-3-2-4-7-15)24-19-16(25-20)8-5-11-21-19/h2-8,11,13H,12H2,1H3,(H,22,23). The summed E-state index contributed by atoms with van der Waals surface area (Å²) in [5.74, 6) is 6.51. The van der Waals surface area contributed by atoms with Crippen molar-refractivity contribution in [2.24, 2.45) is 0 Å². The molecule has 3 heterocycles. The first-order valence-corrected chi connectivity index (χ1v) is 8.11. The number of rotatable bonds is 3. The van der Waals surface area contributed by atoms with Gasteiger partial charge in [-0.15, -0.1) is 0 Å². The fraction of sp³-hybridized carbons (Fsp3) is 0.100. The van der Waals surface area contributed by atoms with E-state index in [1.165, 1.54) is 0 Å². The quantitative estimate of drug-likeness (QED) is 0.580. The molecule has 1 N–H and O–H groups in total. The van der Waals surface area contributed by atoms with Crippen molar-refractivity contribution in [1.29, 1.82) is 0 Å². The number of pyridine rings is 1. The van der Waals surface area contributed by atoms with Gasteiger partial charge in [0.1, 0.15) is 12.1 Å². The summed E-state index contributed by atoms with van der Waals surface area (Å²) in [6, 6.07) is 13.4. The van der Waals surface area contributed by atoms with Crippen molar-refractivity contribution in [3.05, 3.63) is 77.6 Å². The van der Waals surface area contributed by atoms with Crippen molar-refractivity contribution < 1.29 is 4.74 Å². The second-order valence-corrected chi connectivity index (χ2v) is 5.60. The number of ether oxygens (including phenoxy) is 1. The Hall–Kier alpha value is -3.72. The molecule has 6 nitrogen and oxygen atoms in total. The van der Waals surface area contributed by atoms with Gasteiger partial charge in [0.25, 0.3) is 0 Å². The molecular formula is C20H15N5O. The van der Waals surface area contributed by atoms with E-state index in [-0.39, 0.29) is 6.61 Å². The van der Waals surface area contributed by atoms with Gasteiger partial charge >= 0.3 is 0 Å². The van der Waals surface area contributed by atoms with Crippen molar-refractivity contribution in [3.8, 4) is 17.7 Å². The van der Waals surface area contributed by atoms with Gasteiger partial charge in [-0.25, -0.2) is 19.9 Å². The first-order chi connectivity index (χ1) is 12.8. The monoisotopic (exact) mass is 341 g/mol. The Kier molecular flexibility index (Phi) is 4.27. The van der Waals surface area contributed by atoms with E-state index in [1.807, 2.05) is 49.4 Å². The second-order valence-electron chi connectivity index (χ2n) is 5.60. The minimum atomic E-state index is 0.287. The van der Waals surface area contributed by atoms with Gasteiger partial charge in [0.05, 0.1) is 12.0 Å². The smallest absolute Gasteiger partial charge is 0.250 e. The van der Waals surface area contributed by atoms with E-state index in [0.717, 1.165) is 17.0 Å². The fourth-order valence-corrected chi connectivity index (χ4v) is 2.38. The Balaban J connectivity index is 1.71. The van der Waals surface area contributed by atoms with E-state index in [2.05, 4.69) is 36.8 Å². The number of imidazole rings is 1. The van der Waals surface area contributed by atoms with Crippen molar-refractivity contribution in [3.63, 3.8) is 0 Å². The predicted octanol–water partition coefficient (Wildman–Crippen LogP) is 3.04. The first-order valence-electron chi connectivity index (χ1n) is 8.11. The summed E-state index contributed by atoms with van der Waals surface area (Å²) in [5.41, 5.74) is 4.31. The molecule has 0 aliphatic rings. The lowest BCUT2D eigenvalue weighted by Gasteiger charge is -2.07. The highest BCUT2D eigenvalue weighted by Gasteiger charge is 2.11. The molecule has 0 radical (unpaired) electrons. The zero-order valence-electron chi connectivity index (χ0n) is 14.1. The Morgan fingerprint density at radius 1 is 1.00 bits per heavy atom. The zero-order valence-corrected chi connectivity index (χ0v) is 14.1. The van der Waals surface area contributed by atoms with Crippen LogP contribution in [0.2, 0.25) is 0 Å². The Morgan fingerprint density at radius 3 is 2.69 bits per heavy atom. The minimum Gasteiger partial charge on any atom is -0.469 e. The first kappa shape index (κ1) is 15.8. The topological polar surface area (TPSA) is 76.6 Å². The number of hydrogen-bond donors (Lipinski definition) is 1. The summed E-state index contributed by atoms with van der Waals surface area (Å²) in [6.07, 6.45) is 3.32. The van der Waals surface area contributed by atoms with Gasteiger partial charge in [0, 0.05) is 17.5 Å². The van der Waals surface area contributed by atoms with Crippen LogP contribution in [0, 0.1) is 18.8 Å². The highest BCUT2D eigenvalue weighted by Crippen LogP contribution is 2.18. The molecule has 0 atom stereocenters. The molecule has 0 saturated carbocycles. The van der Waals surface area contributed by atoms with Crippen molar-refractivity contribution in [2.75, 3.05) is 0 Å². The molecule has 0 saturated heterocycles. The SMILES string of the molecule is Cc1[nH]cnc1COc1nc2cccnc2nc1C#Cc1ccccc1. The summed E-state index contributed by atoms with van der Waals surface area (Å²) in [5, 5.41) is 0. The normalized spacial score (nSPS) is 10.3. The maximum Gasteiger partial charge on any atom is 0.250 e. The van der Waals surface area contributed by atoms with Crippen LogP contribution >= 0.6 is 0 Å². The van der Waals surface area contributed by atoms with Gasteiger partial charge in [0.15, 0.2) is 11.3 Å². The van der Waals surface area contributed by atoms with Crippen LogP contribution in [0.3, 0.4) is 0 Å². The summed E-state index contributed by atoms with van der Waals surface area (Å²) in [6.45, 7) is 2.23. The minimum absolute atomic E-state index is 0.287. The summed E-state index contributed by atoms with van der Waals surface area (Å²) >= 11 is 0. The van der Waals surface area contributed by atoms with Crippen LogP contribution < -0.4 is 4.74 Å². The van der Waals surface area contributed by atoms with Crippen molar-refractivity contribution in [1.82, 2.24) is 24.9 Å². The third-order valence-electron chi connectivity index (χ3n) is 3.79. The Labute approximate surface area is 150 Å². The molecule has 126 valence electrons. The molecule has 1 aromatic carbocycles. The van der Waals surface area contributed by atoms with Gasteiger partial charge in [0.2, 0.25) is 5.88 Å². The highest BCUT2D eigenvalue weighted by atomic mass is 16.5. The van der Waals surface area contributed by atoms with Gasteiger partial charge in [-0.2, -0.15) is 0 Å². The number of aromatic amines is 1. The van der Waals surface area contributed by atoms with Crippen molar-refractivity contribution >= 4 is 11.2 Å². The average Bonchev–Trinajstić information content (AvgIpc) is 3.10. The number of fused-ring (bicyclic) bond motifs is 1. The number of hydrogen-bond acceptors (Lipinski definition) is 5. The largest absolute Gasteiger partial charge is 0.469 e. The molecule has 0 aliphatic heterocycles. The number of nitrogens with one attached hydrogen (secondary N) is 1. The van der Waals surface area contributed by atoms with E-state index in [1.54, 1.807) is 12.5 Å². The predicted molar refractivity (Wildman–Crippen MR) is 97.4 cm³/mol. The fourth-order valence-electron chi connectivity index (χ4n) is 2.38. The van der Waals surface area contributed by atoms with Crippen LogP contribution in [0.25, 0.3) is 11.2 Å². The van der Waals surface area contributed by atoms with Crippen LogP contribution in [0.1, 0.15) is 22.6 Å². The molecule has 4 aromatic rings. The molecule has 3 aromatic heterocycles. The number of benzene rings is 1. The maximum absolute atomic E-state index is 5.87. The maximum atomic E-state index is 5.87. The highest BCUT2D eigenvalue weighted by molar-refractivity contribution is 5.71. The van der Waals surface area contributed by atoms with Crippen LogP contribution in [0.5, 0.6) is 5.88 Å². The molecule has 0 spiro atoms. The number of aryl methyl sites for hydroxylation is 1. The van der Waals surface area contributed by atoms with Gasteiger partial charge in [-0.1, -0.05) is 24.1 Å². The molecular weight excluding hydrogens is 326 g/mol. The lowest BCUT2D eigenvalue weighted by molar-refractivity contribution is 0.288. The number of aromatic nitrogens is 5. The van der Waals surface area contributed by atoms with E-state index in [0.29, 0.717) is 22.7 Å². The van der Waals surface area contributed by atoms with Crippen LogP contribution in [-0.4, -0.2) is 24.9 Å². The third kappa shape index (κ3) is 3.37. The van der Waals surface area contributed by atoms with Crippen LogP contribution in [-0.2, 0) is 6.61 Å². The lowest BCUT2D eigenvalue weighted by Crippen LogP contribution is -2.03. The van der Waals surface area contributed by atoms with E-state index < -0.39 is 0 Å². The average molecular weight is 341 g/mol. The van der Waals surface area contributed by atoms with Gasteiger partial charge in [-0.05, 0) is 37.1 Å². The summed E-state index contributed by atoms with van der Waals surface area (Å²) < 4.78 is 5.87. The molecule has 0 fully saturated rings. The lowest BCUT2D eigenvalue weighted by atomic mass is 10.2. The summed E-state index contributed by atoms with van der Waals surface area (Å²) in [7, 11) is 0. The number of H-pyrrole nitrogens is 1. The Bertz CT molecular complexity index is 1110. The van der Waals surface area contributed by atoms with Crippen LogP contribution in [0.15, 0.2) is 55.0 Å². The van der Waals surface area contributed by atoms with E-state index in [4.69, 9.17) is 4.74 Å². The van der Waals surface area contributed by atoms with Gasteiger partial charge in [-0.3, -0.25) is 0 Å². The van der Waals surface area contributed by atoms with Crippen molar-refractivity contribution in [2.45, 2.75) is 13.5 Å². The molecule has 0 unspecified atom stereocenters. The molecule has 6 heteroatoms. The Morgan fingerprint density at radius 2 is 1.88 bits per heavy atom. The molecule has 0 amide bonds. The van der Waals surface area contributed by atoms with Crippen LogP contribution in [0.4, 0.5) is 0 Å². The second kappa shape index (κ2) is 7.03. The summed E-state index contributed by atoms with van der Waals surface area (Å²) in [4.78, 5) is 20.6. The molecule has 4 rings (SSSR count). The van der Waals surface area contributed by atoms with E-state index >= 15 is 0 Å². The molecule has 0 bridgehead atoms. The van der Waals surface area contributed by atoms with Gasteiger partial charge < -0.3 is 9.72 Å². The van der Waals surface area contributed by atoms with E-state index in [9.17, 15) is 0 Å². The molecule has 26 heavy (non-hydrogen) atoms. The molecule has 0 aliphatic carbocycles.